The molecule has 1 aliphatic heterocycles. The number of aromatic nitrogens is 3. The van der Waals surface area contributed by atoms with Gasteiger partial charge in [0.15, 0.2) is 0 Å². The van der Waals surface area contributed by atoms with Crippen molar-refractivity contribution in [3.8, 4) is 0 Å². The van der Waals surface area contributed by atoms with E-state index in [0.717, 1.165) is 42.8 Å². The van der Waals surface area contributed by atoms with Gasteiger partial charge in [-0.3, -0.25) is 0 Å². The molecule has 6 heteroatoms. The molecule has 19 heavy (non-hydrogen) atoms. The summed E-state index contributed by atoms with van der Waals surface area (Å²) in [5.41, 5.74) is 13.9. The van der Waals surface area contributed by atoms with Gasteiger partial charge < -0.3 is 21.4 Å². The molecule has 2 aromatic rings. The molecule has 1 unspecified atom stereocenters. The van der Waals surface area contributed by atoms with Crippen LogP contribution >= 0.6 is 0 Å². The van der Waals surface area contributed by atoms with Crippen LogP contribution in [-0.4, -0.2) is 40.1 Å². The number of rotatable bonds is 3. The molecule has 0 saturated carbocycles. The van der Waals surface area contributed by atoms with Crippen molar-refractivity contribution in [2.24, 2.45) is 11.5 Å². The fourth-order valence-corrected chi connectivity index (χ4v) is 2.77. The molecular weight excluding hydrogens is 240 g/mol. The molecule has 0 spiro atoms. The van der Waals surface area contributed by atoms with Crippen LogP contribution in [0.5, 0.6) is 0 Å². The van der Waals surface area contributed by atoms with E-state index < -0.39 is 0 Å². The summed E-state index contributed by atoms with van der Waals surface area (Å²) >= 11 is 0. The van der Waals surface area contributed by atoms with Gasteiger partial charge in [0.05, 0.1) is 5.39 Å². The van der Waals surface area contributed by atoms with Gasteiger partial charge in [0.2, 0.25) is 0 Å². The van der Waals surface area contributed by atoms with Crippen LogP contribution in [-0.2, 0) is 6.42 Å². The lowest BCUT2D eigenvalue weighted by Crippen LogP contribution is -2.49. The molecule has 3 rings (SSSR count). The van der Waals surface area contributed by atoms with E-state index in [1.165, 1.54) is 5.56 Å². The number of nitrogens with two attached hydrogens (primary N) is 2. The Hall–Kier alpha value is -1.66. The summed E-state index contributed by atoms with van der Waals surface area (Å²) in [6, 6.07) is 0. The van der Waals surface area contributed by atoms with Gasteiger partial charge >= 0.3 is 0 Å². The quantitative estimate of drug-likeness (QED) is 0.741. The highest BCUT2D eigenvalue weighted by molar-refractivity contribution is 5.91. The zero-order chi connectivity index (χ0) is 13.5. The lowest BCUT2D eigenvalue weighted by atomic mass is 10.0. The lowest BCUT2D eigenvalue weighted by molar-refractivity contribution is 0.484. The van der Waals surface area contributed by atoms with E-state index in [1.807, 2.05) is 6.20 Å². The molecule has 3 heterocycles. The second-order valence-electron chi connectivity index (χ2n) is 5.33. The minimum Gasteiger partial charge on any atom is -0.354 e. The Bertz CT molecular complexity index is 592. The molecule has 6 nitrogen and oxygen atoms in total. The number of aryl methyl sites for hydroxylation is 1. The third-order valence-corrected chi connectivity index (χ3v) is 4.00. The molecule has 1 fully saturated rings. The van der Waals surface area contributed by atoms with E-state index in [0.29, 0.717) is 6.54 Å². The van der Waals surface area contributed by atoms with Crippen LogP contribution in [0.3, 0.4) is 0 Å². The molecule has 2 aromatic heterocycles. The minimum absolute atomic E-state index is 0.292. The van der Waals surface area contributed by atoms with Gasteiger partial charge in [-0.05, 0) is 18.4 Å². The Morgan fingerprint density at radius 2 is 2.32 bits per heavy atom. The molecule has 1 atom stereocenters. The van der Waals surface area contributed by atoms with Crippen molar-refractivity contribution in [3.05, 3.63) is 18.1 Å². The fraction of sp³-hybridized carbons (Fsp3) is 0.538. The van der Waals surface area contributed by atoms with Crippen LogP contribution in [0, 0.1) is 0 Å². The number of fused-ring (bicyclic) bond motifs is 1. The number of anilines is 1. The second-order valence-corrected chi connectivity index (χ2v) is 5.33. The molecule has 5 N–H and O–H groups in total. The predicted molar refractivity (Wildman–Crippen MR) is 76.1 cm³/mol. The van der Waals surface area contributed by atoms with Gasteiger partial charge in [0.1, 0.15) is 17.8 Å². The monoisotopic (exact) mass is 260 g/mol. The average molecular weight is 260 g/mol. The van der Waals surface area contributed by atoms with Gasteiger partial charge in [0.25, 0.3) is 0 Å². The highest BCUT2D eigenvalue weighted by Gasteiger charge is 2.34. The number of hydrogen-bond acceptors (Lipinski definition) is 5. The highest BCUT2D eigenvalue weighted by atomic mass is 15.2. The van der Waals surface area contributed by atoms with Crippen molar-refractivity contribution < 1.29 is 0 Å². The zero-order valence-electron chi connectivity index (χ0n) is 11.2. The summed E-state index contributed by atoms with van der Waals surface area (Å²) in [7, 11) is 0. The average Bonchev–Trinajstić information content (AvgIpc) is 3.02. The Kier molecular flexibility index (Phi) is 2.91. The first-order valence-electron chi connectivity index (χ1n) is 6.72. The van der Waals surface area contributed by atoms with Crippen LogP contribution in [0.1, 0.15) is 18.9 Å². The van der Waals surface area contributed by atoms with E-state index in [-0.39, 0.29) is 5.54 Å². The molecule has 1 aliphatic rings. The summed E-state index contributed by atoms with van der Waals surface area (Å²) in [4.78, 5) is 14.2. The van der Waals surface area contributed by atoms with Crippen molar-refractivity contribution in [2.75, 3.05) is 24.5 Å². The van der Waals surface area contributed by atoms with Gasteiger partial charge in [-0.25, -0.2) is 9.97 Å². The maximum atomic E-state index is 6.26. The maximum absolute atomic E-state index is 6.26. The van der Waals surface area contributed by atoms with E-state index in [4.69, 9.17) is 11.5 Å². The Morgan fingerprint density at radius 3 is 3.00 bits per heavy atom. The molecule has 1 saturated heterocycles. The Morgan fingerprint density at radius 1 is 1.47 bits per heavy atom. The maximum Gasteiger partial charge on any atom is 0.143 e. The summed E-state index contributed by atoms with van der Waals surface area (Å²) in [6.45, 7) is 4.29. The third kappa shape index (κ3) is 1.97. The zero-order valence-corrected chi connectivity index (χ0v) is 11.2. The number of nitrogens with zero attached hydrogens (tertiary/aromatic N) is 3. The molecule has 102 valence electrons. The van der Waals surface area contributed by atoms with Crippen LogP contribution in [0.2, 0.25) is 0 Å². The normalized spacial score (nSPS) is 23.4. The molecule has 0 radical (unpaired) electrons. The number of nitrogens with one attached hydrogen (secondary N) is 1. The van der Waals surface area contributed by atoms with Gasteiger partial charge in [0, 0.05) is 31.4 Å². The number of aromatic amines is 1. The van der Waals surface area contributed by atoms with Crippen molar-refractivity contribution >= 4 is 16.9 Å². The van der Waals surface area contributed by atoms with Crippen molar-refractivity contribution in [2.45, 2.75) is 25.3 Å². The lowest BCUT2D eigenvalue weighted by Gasteiger charge is -2.23. The topological polar surface area (TPSA) is 96.8 Å². The minimum atomic E-state index is -0.292. The third-order valence-electron chi connectivity index (χ3n) is 4.00. The number of hydrogen-bond donors (Lipinski definition) is 3. The van der Waals surface area contributed by atoms with Crippen LogP contribution < -0.4 is 16.4 Å². The first-order valence-corrected chi connectivity index (χ1v) is 6.72. The van der Waals surface area contributed by atoms with Crippen molar-refractivity contribution in [1.82, 2.24) is 15.0 Å². The highest BCUT2D eigenvalue weighted by Crippen LogP contribution is 2.30. The second kappa shape index (κ2) is 4.47. The van der Waals surface area contributed by atoms with E-state index in [1.54, 1.807) is 6.33 Å². The largest absolute Gasteiger partial charge is 0.354 e. The van der Waals surface area contributed by atoms with Crippen LogP contribution in [0.4, 0.5) is 5.82 Å². The van der Waals surface area contributed by atoms with Gasteiger partial charge in [-0.2, -0.15) is 0 Å². The van der Waals surface area contributed by atoms with Crippen molar-refractivity contribution in [3.63, 3.8) is 0 Å². The first kappa shape index (κ1) is 12.4. The molecule has 0 amide bonds. The van der Waals surface area contributed by atoms with Gasteiger partial charge in [-0.1, -0.05) is 6.92 Å². The smallest absolute Gasteiger partial charge is 0.143 e. The van der Waals surface area contributed by atoms with E-state index >= 15 is 0 Å². The van der Waals surface area contributed by atoms with Crippen molar-refractivity contribution in [1.29, 1.82) is 0 Å². The summed E-state index contributed by atoms with van der Waals surface area (Å²) in [5, 5.41) is 1.12. The summed E-state index contributed by atoms with van der Waals surface area (Å²) < 4.78 is 0. The fourth-order valence-electron chi connectivity index (χ4n) is 2.77. The summed E-state index contributed by atoms with van der Waals surface area (Å²) in [5.74, 6) is 0.976. The van der Waals surface area contributed by atoms with E-state index in [2.05, 4.69) is 26.8 Å². The predicted octanol–water partition coefficient (Wildman–Crippen LogP) is 0.387. The number of H-pyrrole nitrogens is 1. The molecule has 0 bridgehead atoms. The van der Waals surface area contributed by atoms with Crippen LogP contribution in [0.25, 0.3) is 11.0 Å². The Balaban J connectivity index is 2.04. The SMILES string of the molecule is CCc1c[nH]c2ncnc(N3CCC(N)(CN)C3)c12. The summed E-state index contributed by atoms with van der Waals surface area (Å²) in [6.07, 6.45) is 5.48. The van der Waals surface area contributed by atoms with Crippen LogP contribution in [0.15, 0.2) is 12.5 Å². The molecule has 0 aliphatic carbocycles. The standard InChI is InChI=1S/C13H20N6/c1-2-9-5-16-11-10(9)12(18-8-17-11)19-4-3-13(15,6-14)7-19/h5,8H,2-4,6-7,14-15H2,1H3,(H,16,17,18). The van der Waals surface area contributed by atoms with E-state index in [9.17, 15) is 0 Å². The first-order chi connectivity index (χ1) is 9.17. The Labute approximate surface area is 112 Å². The molecule has 0 aromatic carbocycles. The van der Waals surface area contributed by atoms with Gasteiger partial charge in [-0.15, -0.1) is 0 Å². The molecular formula is C13H20N6.